The number of esters is 1. The summed E-state index contributed by atoms with van der Waals surface area (Å²) >= 11 is 0. The first kappa shape index (κ1) is 15.5. The Bertz CT molecular complexity index is 280. The van der Waals surface area contributed by atoms with Crippen molar-refractivity contribution >= 4 is 5.97 Å². The maximum Gasteiger partial charge on any atom is 0.326 e. The van der Waals surface area contributed by atoms with Gasteiger partial charge in [0, 0.05) is 6.04 Å². The van der Waals surface area contributed by atoms with E-state index in [4.69, 9.17) is 4.74 Å². The van der Waals surface area contributed by atoms with Crippen LogP contribution in [0.3, 0.4) is 0 Å². The van der Waals surface area contributed by atoms with Crippen LogP contribution in [0, 0.1) is 11.8 Å². The Morgan fingerprint density at radius 3 is 2.61 bits per heavy atom. The summed E-state index contributed by atoms with van der Waals surface area (Å²) < 4.78 is 5.33. The van der Waals surface area contributed by atoms with Crippen LogP contribution in [0.25, 0.3) is 0 Å². The molecule has 0 heterocycles. The highest BCUT2D eigenvalue weighted by molar-refractivity contribution is 5.81. The first-order valence-electron chi connectivity index (χ1n) is 7.41. The molecule has 0 radical (unpaired) electrons. The fraction of sp³-hybridized carbons (Fsp3) is 0.933. The average Bonchev–Trinajstić information content (AvgIpc) is 2.33. The van der Waals surface area contributed by atoms with Crippen molar-refractivity contribution in [2.75, 3.05) is 6.61 Å². The summed E-state index contributed by atoms with van der Waals surface area (Å²) in [6, 6.07) is 0.352. The van der Waals surface area contributed by atoms with Crippen LogP contribution in [0.2, 0.25) is 0 Å². The zero-order valence-electron chi connectivity index (χ0n) is 12.6. The first-order chi connectivity index (χ1) is 8.46. The number of hydrogen-bond donors (Lipinski definition) is 1. The van der Waals surface area contributed by atoms with Crippen LogP contribution in [-0.2, 0) is 9.53 Å². The van der Waals surface area contributed by atoms with Gasteiger partial charge in [-0.2, -0.15) is 0 Å². The molecule has 1 saturated carbocycles. The summed E-state index contributed by atoms with van der Waals surface area (Å²) in [5, 5.41) is 3.56. The average molecular weight is 255 g/mol. The van der Waals surface area contributed by atoms with Crippen molar-refractivity contribution in [2.24, 2.45) is 11.8 Å². The molecule has 1 aliphatic rings. The van der Waals surface area contributed by atoms with E-state index >= 15 is 0 Å². The molecule has 4 unspecified atom stereocenters. The molecule has 106 valence electrons. The quantitative estimate of drug-likeness (QED) is 0.767. The lowest BCUT2D eigenvalue weighted by Crippen LogP contribution is -2.61. The highest BCUT2D eigenvalue weighted by atomic mass is 16.5. The zero-order chi connectivity index (χ0) is 13.8. The predicted molar refractivity (Wildman–Crippen MR) is 74.4 cm³/mol. The van der Waals surface area contributed by atoms with Crippen molar-refractivity contribution in [3.05, 3.63) is 0 Å². The van der Waals surface area contributed by atoms with Gasteiger partial charge in [0.2, 0.25) is 0 Å². The molecule has 4 atom stereocenters. The summed E-state index contributed by atoms with van der Waals surface area (Å²) in [5.41, 5.74) is -0.460. The van der Waals surface area contributed by atoms with Crippen LogP contribution in [0.5, 0.6) is 0 Å². The minimum absolute atomic E-state index is 0.0512. The van der Waals surface area contributed by atoms with Gasteiger partial charge in [-0.05, 0) is 51.4 Å². The predicted octanol–water partition coefficient (Wildman–Crippen LogP) is 3.13. The normalized spacial score (nSPS) is 34.1. The maximum absolute atomic E-state index is 12.4. The van der Waals surface area contributed by atoms with Gasteiger partial charge in [-0.3, -0.25) is 10.1 Å². The molecule has 0 spiro atoms. The molecule has 0 bridgehead atoms. The van der Waals surface area contributed by atoms with Crippen LogP contribution in [0.4, 0.5) is 0 Å². The molecule has 1 fully saturated rings. The van der Waals surface area contributed by atoms with Gasteiger partial charge < -0.3 is 4.74 Å². The molecule has 1 aliphatic carbocycles. The molecule has 0 saturated heterocycles. The number of carbonyl (C=O) groups excluding carboxylic acids is 1. The second kappa shape index (κ2) is 6.55. The molecule has 1 N–H and O–H groups in total. The van der Waals surface area contributed by atoms with Crippen LogP contribution in [0.15, 0.2) is 0 Å². The standard InChI is InChI=1S/C15H29NO2/c1-6-13(5)16-15(14(17)18-7-2)9-8-11(3)10-12(15)4/h11-13,16H,6-10H2,1-5H3. The molecule has 0 amide bonds. The Morgan fingerprint density at radius 2 is 2.11 bits per heavy atom. The van der Waals surface area contributed by atoms with Gasteiger partial charge in [0.25, 0.3) is 0 Å². The summed E-state index contributed by atoms with van der Waals surface area (Å²) in [5.74, 6) is 1.00. The Hall–Kier alpha value is -0.570. The van der Waals surface area contributed by atoms with Crippen molar-refractivity contribution in [1.82, 2.24) is 5.32 Å². The Morgan fingerprint density at radius 1 is 1.44 bits per heavy atom. The highest BCUT2D eigenvalue weighted by Crippen LogP contribution is 2.38. The summed E-state index contributed by atoms with van der Waals surface area (Å²) in [7, 11) is 0. The van der Waals surface area contributed by atoms with Crippen molar-refractivity contribution in [2.45, 2.75) is 71.9 Å². The summed E-state index contributed by atoms with van der Waals surface area (Å²) in [6.45, 7) is 11.1. The van der Waals surface area contributed by atoms with E-state index in [1.807, 2.05) is 6.92 Å². The second-order valence-corrected chi connectivity index (χ2v) is 5.93. The van der Waals surface area contributed by atoms with E-state index in [1.165, 1.54) is 0 Å². The van der Waals surface area contributed by atoms with Gasteiger partial charge in [-0.1, -0.05) is 20.8 Å². The molecule has 0 aromatic rings. The van der Waals surface area contributed by atoms with Gasteiger partial charge in [-0.25, -0.2) is 0 Å². The van der Waals surface area contributed by atoms with E-state index in [-0.39, 0.29) is 5.97 Å². The fourth-order valence-electron chi connectivity index (χ4n) is 3.02. The fourth-order valence-corrected chi connectivity index (χ4v) is 3.02. The minimum Gasteiger partial charge on any atom is -0.465 e. The third-order valence-corrected chi connectivity index (χ3v) is 4.38. The van der Waals surface area contributed by atoms with Gasteiger partial charge in [-0.15, -0.1) is 0 Å². The highest BCUT2D eigenvalue weighted by Gasteiger charge is 2.47. The SMILES string of the molecule is CCOC(=O)C1(NC(C)CC)CCC(C)CC1C. The van der Waals surface area contributed by atoms with Crippen molar-refractivity contribution in [3.63, 3.8) is 0 Å². The lowest BCUT2D eigenvalue weighted by atomic mass is 9.69. The molecule has 0 aromatic carbocycles. The third-order valence-electron chi connectivity index (χ3n) is 4.38. The summed E-state index contributed by atoms with van der Waals surface area (Å²) in [4.78, 5) is 12.4. The smallest absolute Gasteiger partial charge is 0.326 e. The van der Waals surface area contributed by atoms with Crippen LogP contribution in [-0.4, -0.2) is 24.2 Å². The van der Waals surface area contributed by atoms with E-state index in [2.05, 4.69) is 33.0 Å². The minimum atomic E-state index is -0.460. The molecule has 0 aliphatic heterocycles. The molecule has 3 nitrogen and oxygen atoms in total. The van der Waals surface area contributed by atoms with Gasteiger partial charge in [0.15, 0.2) is 0 Å². The molecule has 0 aromatic heterocycles. The number of rotatable bonds is 5. The molecular formula is C15H29NO2. The Labute approximate surface area is 112 Å². The molecule has 18 heavy (non-hydrogen) atoms. The van der Waals surface area contributed by atoms with Gasteiger partial charge >= 0.3 is 5.97 Å². The first-order valence-corrected chi connectivity index (χ1v) is 7.41. The molecule has 1 rings (SSSR count). The van der Waals surface area contributed by atoms with E-state index in [0.717, 1.165) is 25.7 Å². The summed E-state index contributed by atoms with van der Waals surface area (Å²) in [6.07, 6.45) is 4.14. The van der Waals surface area contributed by atoms with Crippen molar-refractivity contribution < 1.29 is 9.53 Å². The monoisotopic (exact) mass is 255 g/mol. The lowest BCUT2D eigenvalue weighted by molar-refractivity contribution is -0.156. The zero-order valence-corrected chi connectivity index (χ0v) is 12.6. The molecular weight excluding hydrogens is 226 g/mol. The van der Waals surface area contributed by atoms with Gasteiger partial charge in [0.1, 0.15) is 5.54 Å². The van der Waals surface area contributed by atoms with Gasteiger partial charge in [0.05, 0.1) is 6.61 Å². The second-order valence-electron chi connectivity index (χ2n) is 5.93. The van der Waals surface area contributed by atoms with Crippen molar-refractivity contribution in [1.29, 1.82) is 0 Å². The number of carbonyl (C=O) groups is 1. The maximum atomic E-state index is 12.4. The number of hydrogen-bond acceptors (Lipinski definition) is 3. The van der Waals surface area contributed by atoms with Crippen LogP contribution < -0.4 is 5.32 Å². The topological polar surface area (TPSA) is 38.3 Å². The van der Waals surface area contributed by atoms with Crippen LogP contribution in [0.1, 0.15) is 60.3 Å². The van der Waals surface area contributed by atoms with Crippen LogP contribution >= 0.6 is 0 Å². The Balaban J connectivity index is 2.89. The van der Waals surface area contributed by atoms with E-state index < -0.39 is 5.54 Å². The largest absolute Gasteiger partial charge is 0.465 e. The van der Waals surface area contributed by atoms with E-state index in [0.29, 0.717) is 24.5 Å². The number of nitrogens with one attached hydrogen (secondary N) is 1. The number of ether oxygens (including phenoxy) is 1. The third kappa shape index (κ3) is 3.25. The molecule has 3 heteroatoms. The van der Waals surface area contributed by atoms with E-state index in [1.54, 1.807) is 0 Å². The van der Waals surface area contributed by atoms with Crippen molar-refractivity contribution in [3.8, 4) is 0 Å². The Kier molecular flexibility index (Phi) is 5.64. The lowest BCUT2D eigenvalue weighted by Gasteiger charge is -2.44. The van der Waals surface area contributed by atoms with E-state index in [9.17, 15) is 4.79 Å².